The number of hydrogen-bond donors (Lipinski definition) is 2. The van der Waals surface area contributed by atoms with Gasteiger partial charge in [0.05, 0.1) is 6.54 Å². The van der Waals surface area contributed by atoms with E-state index in [1.54, 1.807) is 6.20 Å². The molecule has 1 aliphatic carbocycles. The predicted octanol–water partition coefficient (Wildman–Crippen LogP) is 2.83. The van der Waals surface area contributed by atoms with Gasteiger partial charge in [-0.25, -0.2) is 9.98 Å². The topological polar surface area (TPSA) is 72.5 Å². The second-order valence-corrected chi connectivity index (χ2v) is 5.53. The van der Waals surface area contributed by atoms with Gasteiger partial charge in [0.25, 0.3) is 0 Å². The van der Waals surface area contributed by atoms with Crippen molar-refractivity contribution in [2.24, 2.45) is 10.7 Å². The van der Waals surface area contributed by atoms with Gasteiger partial charge in [0.1, 0.15) is 6.10 Å². The summed E-state index contributed by atoms with van der Waals surface area (Å²) in [4.78, 5) is 8.60. The number of rotatable bonds is 5. The first-order chi connectivity index (χ1) is 9.63. The third kappa shape index (κ3) is 6.50. The lowest BCUT2D eigenvalue weighted by molar-refractivity contribution is 0.201. The van der Waals surface area contributed by atoms with Gasteiger partial charge in [-0.1, -0.05) is 6.07 Å². The zero-order chi connectivity index (χ0) is 14.4. The molecule has 0 spiro atoms. The van der Waals surface area contributed by atoms with Crippen LogP contribution in [0.3, 0.4) is 0 Å². The van der Waals surface area contributed by atoms with Crippen LogP contribution in [0.25, 0.3) is 0 Å². The number of nitrogens with two attached hydrogens (primary N) is 1. The van der Waals surface area contributed by atoms with Crippen LogP contribution in [0.2, 0.25) is 0 Å². The number of nitrogens with one attached hydrogen (secondary N) is 1. The zero-order valence-corrected chi connectivity index (χ0v) is 15.0. The molecular weight excluding hydrogens is 379 g/mol. The molecule has 1 saturated carbocycles. The van der Waals surface area contributed by atoms with Gasteiger partial charge in [0, 0.05) is 18.3 Å². The average molecular weight is 404 g/mol. The van der Waals surface area contributed by atoms with Gasteiger partial charge < -0.3 is 15.8 Å². The van der Waals surface area contributed by atoms with Crippen molar-refractivity contribution in [3.8, 4) is 5.88 Å². The average Bonchev–Trinajstić information content (AvgIpc) is 2.90. The second-order valence-electron chi connectivity index (χ2n) is 5.53. The number of hydrogen-bond acceptors (Lipinski definition) is 3. The van der Waals surface area contributed by atoms with Crippen molar-refractivity contribution in [3.05, 3.63) is 23.9 Å². The summed E-state index contributed by atoms with van der Waals surface area (Å²) in [5.41, 5.74) is 6.78. The van der Waals surface area contributed by atoms with Gasteiger partial charge in [-0.3, -0.25) is 0 Å². The molecule has 0 radical (unpaired) electrons. The number of aliphatic imine (C=N–C) groups is 1. The first kappa shape index (κ1) is 18.0. The van der Waals surface area contributed by atoms with Crippen LogP contribution >= 0.6 is 24.0 Å². The summed E-state index contributed by atoms with van der Waals surface area (Å²) in [6, 6.07) is 4.19. The summed E-state index contributed by atoms with van der Waals surface area (Å²) < 4.78 is 5.82. The number of ether oxygens (including phenoxy) is 1. The second kappa shape index (κ2) is 9.07. The van der Waals surface area contributed by atoms with Crippen molar-refractivity contribution >= 4 is 29.9 Å². The molecule has 0 atom stereocenters. The molecule has 0 aromatic carbocycles. The standard InChI is InChI=1S/C15H24N4O.HI/c1-11(2)19-15(16)18-10-12-7-8-14(17-9-12)20-13-5-3-4-6-13;/h7-9,11,13H,3-6,10H2,1-2H3,(H3,16,18,19);1H. The summed E-state index contributed by atoms with van der Waals surface area (Å²) in [5.74, 6) is 1.17. The Balaban J connectivity index is 0.00000220. The van der Waals surface area contributed by atoms with Crippen molar-refractivity contribution in [2.75, 3.05) is 0 Å². The molecule has 0 amide bonds. The molecule has 1 aromatic rings. The van der Waals surface area contributed by atoms with Crippen LogP contribution in [-0.4, -0.2) is 23.1 Å². The first-order valence-corrected chi connectivity index (χ1v) is 7.31. The Morgan fingerprint density at radius 1 is 1.43 bits per heavy atom. The third-order valence-electron chi connectivity index (χ3n) is 3.26. The molecule has 21 heavy (non-hydrogen) atoms. The molecule has 5 nitrogen and oxygen atoms in total. The molecule has 6 heteroatoms. The van der Waals surface area contributed by atoms with E-state index in [9.17, 15) is 0 Å². The largest absolute Gasteiger partial charge is 0.474 e. The molecule has 1 heterocycles. The predicted molar refractivity (Wildman–Crippen MR) is 96.1 cm³/mol. The number of halogens is 1. The number of nitrogens with zero attached hydrogens (tertiary/aromatic N) is 2. The fraction of sp³-hybridized carbons (Fsp3) is 0.600. The van der Waals surface area contributed by atoms with Crippen LogP contribution in [0.1, 0.15) is 45.1 Å². The van der Waals surface area contributed by atoms with E-state index in [1.165, 1.54) is 12.8 Å². The normalized spacial score (nSPS) is 15.9. The number of guanidine groups is 1. The lowest BCUT2D eigenvalue weighted by Gasteiger charge is -2.12. The molecule has 3 N–H and O–H groups in total. The lowest BCUT2D eigenvalue weighted by Crippen LogP contribution is -2.36. The van der Waals surface area contributed by atoms with E-state index in [0.717, 1.165) is 18.4 Å². The van der Waals surface area contributed by atoms with Crippen LogP contribution in [0.15, 0.2) is 23.3 Å². The summed E-state index contributed by atoms with van der Waals surface area (Å²) in [6.45, 7) is 4.58. The number of pyridine rings is 1. The first-order valence-electron chi connectivity index (χ1n) is 7.31. The molecule has 0 saturated heterocycles. The smallest absolute Gasteiger partial charge is 0.213 e. The summed E-state index contributed by atoms with van der Waals surface area (Å²) >= 11 is 0. The van der Waals surface area contributed by atoms with E-state index in [-0.39, 0.29) is 24.0 Å². The molecule has 1 fully saturated rings. The van der Waals surface area contributed by atoms with Crippen molar-refractivity contribution in [2.45, 2.75) is 58.2 Å². The Kier molecular flexibility index (Phi) is 7.77. The number of aromatic nitrogens is 1. The maximum atomic E-state index is 5.82. The Bertz CT molecular complexity index is 441. The van der Waals surface area contributed by atoms with E-state index < -0.39 is 0 Å². The molecule has 1 aromatic heterocycles. The summed E-state index contributed by atoms with van der Waals surface area (Å²) in [6.07, 6.45) is 6.96. The van der Waals surface area contributed by atoms with Crippen molar-refractivity contribution in [1.82, 2.24) is 10.3 Å². The van der Waals surface area contributed by atoms with E-state index >= 15 is 0 Å². The third-order valence-corrected chi connectivity index (χ3v) is 3.26. The Hall–Kier alpha value is -1.05. The van der Waals surface area contributed by atoms with Crippen molar-refractivity contribution in [3.63, 3.8) is 0 Å². The van der Waals surface area contributed by atoms with Gasteiger partial charge >= 0.3 is 0 Å². The van der Waals surface area contributed by atoms with Gasteiger partial charge in [0.2, 0.25) is 5.88 Å². The van der Waals surface area contributed by atoms with Crippen LogP contribution < -0.4 is 15.8 Å². The molecule has 0 aliphatic heterocycles. The fourth-order valence-corrected chi connectivity index (χ4v) is 2.27. The quantitative estimate of drug-likeness (QED) is 0.450. The van der Waals surface area contributed by atoms with Crippen LogP contribution in [0.5, 0.6) is 5.88 Å². The molecule has 0 bridgehead atoms. The Morgan fingerprint density at radius 2 is 2.14 bits per heavy atom. The molecular formula is C15H25IN4O. The van der Waals surface area contributed by atoms with Gasteiger partial charge in [-0.15, -0.1) is 24.0 Å². The monoisotopic (exact) mass is 404 g/mol. The van der Waals surface area contributed by atoms with Crippen LogP contribution in [0.4, 0.5) is 0 Å². The summed E-state index contributed by atoms with van der Waals surface area (Å²) in [5, 5.41) is 3.06. The van der Waals surface area contributed by atoms with Gasteiger partial charge in [-0.2, -0.15) is 0 Å². The van der Waals surface area contributed by atoms with Crippen molar-refractivity contribution in [1.29, 1.82) is 0 Å². The summed E-state index contributed by atoms with van der Waals surface area (Å²) in [7, 11) is 0. The minimum absolute atomic E-state index is 0. The van der Waals surface area contributed by atoms with E-state index in [4.69, 9.17) is 10.5 Å². The zero-order valence-electron chi connectivity index (χ0n) is 12.7. The minimum Gasteiger partial charge on any atom is -0.474 e. The molecule has 1 aliphatic rings. The SMILES string of the molecule is CC(C)NC(N)=NCc1ccc(OC2CCCC2)nc1.I. The highest BCUT2D eigenvalue weighted by Crippen LogP contribution is 2.22. The maximum Gasteiger partial charge on any atom is 0.213 e. The maximum absolute atomic E-state index is 5.82. The lowest BCUT2D eigenvalue weighted by atomic mass is 10.3. The van der Waals surface area contributed by atoms with E-state index in [2.05, 4.69) is 15.3 Å². The highest BCUT2D eigenvalue weighted by Gasteiger charge is 2.16. The Labute approximate surface area is 143 Å². The minimum atomic E-state index is 0. The van der Waals surface area contributed by atoms with Crippen LogP contribution in [-0.2, 0) is 6.54 Å². The van der Waals surface area contributed by atoms with Gasteiger partial charge in [-0.05, 0) is 45.1 Å². The van der Waals surface area contributed by atoms with Crippen molar-refractivity contribution < 1.29 is 4.74 Å². The molecule has 2 rings (SSSR count). The highest BCUT2D eigenvalue weighted by molar-refractivity contribution is 14.0. The molecule has 118 valence electrons. The highest BCUT2D eigenvalue weighted by atomic mass is 127. The fourth-order valence-electron chi connectivity index (χ4n) is 2.27. The van der Waals surface area contributed by atoms with Crippen LogP contribution in [0, 0.1) is 0 Å². The van der Waals surface area contributed by atoms with E-state index in [0.29, 0.717) is 30.5 Å². The molecule has 0 unspecified atom stereocenters. The van der Waals surface area contributed by atoms with Gasteiger partial charge in [0.15, 0.2) is 5.96 Å². The Morgan fingerprint density at radius 3 is 2.71 bits per heavy atom. The van der Waals surface area contributed by atoms with E-state index in [1.807, 2.05) is 26.0 Å².